The molecule has 102 valence electrons. The zero-order valence-corrected chi connectivity index (χ0v) is 10.0. The van der Waals surface area contributed by atoms with E-state index < -0.39 is 30.4 Å². The van der Waals surface area contributed by atoms with Gasteiger partial charge in [0.15, 0.2) is 0 Å². The molecule has 5 N–H and O–H groups in total. The molecule has 18 heavy (non-hydrogen) atoms. The molecule has 0 unspecified atom stereocenters. The lowest BCUT2D eigenvalue weighted by atomic mass is 10.2. The van der Waals surface area contributed by atoms with Crippen molar-refractivity contribution < 1.29 is 19.5 Å². The van der Waals surface area contributed by atoms with Crippen LogP contribution in [-0.4, -0.2) is 47.2 Å². The quantitative estimate of drug-likeness (QED) is 0.504. The molecule has 0 aromatic rings. The summed E-state index contributed by atoms with van der Waals surface area (Å²) in [7, 11) is 0. The van der Waals surface area contributed by atoms with Crippen LogP contribution in [0.1, 0.15) is 25.7 Å². The molecule has 1 atom stereocenters. The summed E-state index contributed by atoms with van der Waals surface area (Å²) >= 11 is 0. The number of carbonyl (C=O) groups excluding carboxylic acids is 2. The van der Waals surface area contributed by atoms with Crippen LogP contribution in [0.25, 0.3) is 0 Å². The highest BCUT2D eigenvalue weighted by Crippen LogP contribution is 2.05. The molecule has 1 saturated heterocycles. The van der Waals surface area contributed by atoms with Crippen molar-refractivity contribution in [1.29, 1.82) is 0 Å². The van der Waals surface area contributed by atoms with Gasteiger partial charge in [-0.1, -0.05) is 6.42 Å². The third-order valence-corrected chi connectivity index (χ3v) is 2.62. The van der Waals surface area contributed by atoms with E-state index in [0.717, 1.165) is 32.4 Å². The Balaban J connectivity index is 2.40. The summed E-state index contributed by atoms with van der Waals surface area (Å²) in [5.74, 6) is -2.07. The number of amides is 3. The molecule has 8 heteroatoms. The number of nitrogens with one attached hydrogen (secondary N) is 2. The molecule has 1 fully saturated rings. The second kappa shape index (κ2) is 6.80. The van der Waals surface area contributed by atoms with Gasteiger partial charge in [0.1, 0.15) is 6.04 Å². The first-order chi connectivity index (χ1) is 8.49. The van der Waals surface area contributed by atoms with Crippen LogP contribution >= 0.6 is 0 Å². The lowest BCUT2D eigenvalue weighted by Crippen LogP contribution is -2.53. The summed E-state index contributed by atoms with van der Waals surface area (Å²) < 4.78 is 0. The molecular weight excluding hydrogens is 240 g/mol. The molecule has 1 rings (SSSR count). The van der Waals surface area contributed by atoms with Crippen LogP contribution < -0.4 is 16.5 Å². The van der Waals surface area contributed by atoms with Gasteiger partial charge in [-0.3, -0.25) is 10.2 Å². The van der Waals surface area contributed by atoms with Gasteiger partial charge in [-0.05, 0) is 12.8 Å². The lowest BCUT2D eigenvalue weighted by Gasteiger charge is -2.27. The number of hydrogen-bond acceptors (Lipinski definition) is 4. The largest absolute Gasteiger partial charge is 0.480 e. The van der Waals surface area contributed by atoms with Crippen molar-refractivity contribution >= 4 is 17.9 Å². The molecule has 0 saturated carbocycles. The molecule has 0 spiro atoms. The third kappa shape index (κ3) is 5.00. The Morgan fingerprint density at radius 3 is 2.33 bits per heavy atom. The van der Waals surface area contributed by atoms with Crippen LogP contribution in [0.2, 0.25) is 0 Å². The molecule has 0 aliphatic carbocycles. The smallest absolute Gasteiger partial charge is 0.330 e. The molecule has 1 heterocycles. The Morgan fingerprint density at radius 1 is 1.22 bits per heavy atom. The van der Waals surface area contributed by atoms with E-state index in [1.807, 2.05) is 0 Å². The van der Waals surface area contributed by atoms with Crippen LogP contribution in [0.15, 0.2) is 0 Å². The maximum atomic E-state index is 11.5. The molecule has 8 nitrogen and oxygen atoms in total. The molecule has 3 amide bonds. The van der Waals surface area contributed by atoms with E-state index >= 15 is 0 Å². The number of piperidine rings is 1. The average Bonchev–Trinajstić information content (AvgIpc) is 2.28. The number of rotatable bonds is 5. The number of carboxylic acid groups (broad SMARTS) is 1. The van der Waals surface area contributed by atoms with Gasteiger partial charge in [0.25, 0.3) is 0 Å². The second-order valence-corrected chi connectivity index (χ2v) is 4.19. The van der Waals surface area contributed by atoms with Crippen molar-refractivity contribution in [2.75, 3.05) is 13.1 Å². The first-order valence-corrected chi connectivity index (χ1v) is 5.82. The van der Waals surface area contributed by atoms with Gasteiger partial charge in [0.2, 0.25) is 5.91 Å². The van der Waals surface area contributed by atoms with Crippen molar-refractivity contribution in [3.63, 3.8) is 0 Å². The zero-order chi connectivity index (χ0) is 13.5. The Bertz CT molecular complexity index is 328. The predicted molar refractivity (Wildman–Crippen MR) is 62.3 cm³/mol. The van der Waals surface area contributed by atoms with Gasteiger partial charge in [-0.25, -0.2) is 14.6 Å². The summed E-state index contributed by atoms with van der Waals surface area (Å²) in [6, 6.07) is -1.93. The average molecular weight is 258 g/mol. The Kier molecular flexibility index (Phi) is 5.37. The van der Waals surface area contributed by atoms with Crippen LogP contribution in [-0.2, 0) is 9.59 Å². The Hall–Kier alpha value is -1.83. The summed E-state index contributed by atoms with van der Waals surface area (Å²) in [5, 5.41) is 12.7. The molecule has 1 aliphatic heterocycles. The third-order valence-electron chi connectivity index (χ3n) is 2.62. The summed E-state index contributed by atoms with van der Waals surface area (Å²) in [4.78, 5) is 33.0. The first-order valence-electron chi connectivity index (χ1n) is 5.82. The molecule has 1 aliphatic rings. The Morgan fingerprint density at radius 2 is 1.83 bits per heavy atom. The van der Waals surface area contributed by atoms with Crippen molar-refractivity contribution in [3.8, 4) is 0 Å². The van der Waals surface area contributed by atoms with Gasteiger partial charge < -0.3 is 16.2 Å². The van der Waals surface area contributed by atoms with Crippen LogP contribution in [0.3, 0.4) is 0 Å². The van der Waals surface area contributed by atoms with Crippen LogP contribution in [0.4, 0.5) is 4.79 Å². The van der Waals surface area contributed by atoms with Crippen molar-refractivity contribution in [3.05, 3.63) is 0 Å². The zero-order valence-electron chi connectivity index (χ0n) is 10.0. The van der Waals surface area contributed by atoms with Crippen molar-refractivity contribution in [1.82, 2.24) is 15.8 Å². The van der Waals surface area contributed by atoms with E-state index in [0.29, 0.717) is 0 Å². The predicted octanol–water partition coefficient (Wildman–Crippen LogP) is -0.985. The van der Waals surface area contributed by atoms with E-state index in [4.69, 9.17) is 10.8 Å². The van der Waals surface area contributed by atoms with Gasteiger partial charge in [0, 0.05) is 13.1 Å². The number of hydrazine groups is 1. The minimum Gasteiger partial charge on any atom is -0.480 e. The maximum Gasteiger partial charge on any atom is 0.330 e. The number of carboxylic acids is 1. The number of hydrogen-bond donors (Lipinski definition) is 4. The Labute approximate surface area is 104 Å². The van der Waals surface area contributed by atoms with E-state index in [-0.39, 0.29) is 0 Å². The van der Waals surface area contributed by atoms with E-state index in [2.05, 4.69) is 10.7 Å². The number of urea groups is 1. The number of aliphatic carboxylic acids is 1. The summed E-state index contributed by atoms with van der Waals surface area (Å²) in [6.45, 7) is 1.47. The number of carbonyl (C=O) groups is 3. The molecular formula is C10H18N4O4. The van der Waals surface area contributed by atoms with E-state index in [1.54, 1.807) is 5.01 Å². The topological polar surface area (TPSA) is 125 Å². The minimum absolute atomic E-state index is 0.428. The van der Waals surface area contributed by atoms with Crippen LogP contribution in [0.5, 0.6) is 0 Å². The number of nitrogens with zero attached hydrogens (tertiary/aromatic N) is 1. The molecule has 0 bridgehead atoms. The first kappa shape index (κ1) is 14.2. The fourth-order valence-corrected chi connectivity index (χ4v) is 1.74. The standard InChI is InChI=1S/C10H18N4O4/c11-8(15)6-7(9(16)17)12-10(18)13-14-4-2-1-3-5-14/h7H,1-6H2,(H2,11,15)(H,16,17)(H2,12,13,18)/t7-/m0/s1. The van der Waals surface area contributed by atoms with E-state index in [9.17, 15) is 14.4 Å². The van der Waals surface area contributed by atoms with Crippen molar-refractivity contribution in [2.24, 2.45) is 5.73 Å². The fourth-order valence-electron chi connectivity index (χ4n) is 1.74. The summed E-state index contributed by atoms with van der Waals surface area (Å²) in [6.07, 6.45) is 2.68. The lowest BCUT2D eigenvalue weighted by molar-refractivity contribution is -0.140. The summed E-state index contributed by atoms with van der Waals surface area (Å²) in [5.41, 5.74) is 7.45. The van der Waals surface area contributed by atoms with E-state index in [1.165, 1.54) is 0 Å². The molecule has 0 aromatic heterocycles. The molecule has 0 aromatic carbocycles. The second-order valence-electron chi connectivity index (χ2n) is 4.19. The fraction of sp³-hybridized carbons (Fsp3) is 0.700. The van der Waals surface area contributed by atoms with Gasteiger partial charge in [0.05, 0.1) is 6.42 Å². The SMILES string of the molecule is NC(=O)C[C@H](NC(=O)NN1CCCCC1)C(=O)O. The highest BCUT2D eigenvalue weighted by molar-refractivity contribution is 5.87. The normalized spacial score (nSPS) is 17.8. The van der Waals surface area contributed by atoms with Gasteiger partial charge in [-0.15, -0.1) is 0 Å². The monoisotopic (exact) mass is 258 g/mol. The minimum atomic E-state index is -1.30. The molecule has 0 radical (unpaired) electrons. The van der Waals surface area contributed by atoms with Gasteiger partial charge >= 0.3 is 12.0 Å². The maximum absolute atomic E-state index is 11.5. The van der Waals surface area contributed by atoms with Gasteiger partial charge in [-0.2, -0.15) is 0 Å². The van der Waals surface area contributed by atoms with Crippen LogP contribution in [0, 0.1) is 0 Å². The highest BCUT2D eigenvalue weighted by atomic mass is 16.4. The number of nitrogens with two attached hydrogens (primary N) is 1. The van der Waals surface area contributed by atoms with Crippen molar-refractivity contribution in [2.45, 2.75) is 31.7 Å². The highest BCUT2D eigenvalue weighted by Gasteiger charge is 2.23. The number of primary amides is 1.